The molecule has 2 atom stereocenters. The number of pyridine rings is 1. The van der Waals surface area contributed by atoms with Crippen molar-refractivity contribution in [3.63, 3.8) is 0 Å². The zero-order valence-electron chi connectivity index (χ0n) is 11.8. The van der Waals surface area contributed by atoms with Crippen LogP contribution in [0.5, 0.6) is 0 Å². The van der Waals surface area contributed by atoms with Gasteiger partial charge in [0.15, 0.2) is 0 Å². The lowest BCUT2D eigenvalue weighted by Gasteiger charge is -2.43. The third kappa shape index (κ3) is 2.49. The number of likely N-dealkylation sites (N-methyl/N-ethyl adjacent to an activating group) is 1. The first kappa shape index (κ1) is 13.3. The number of rotatable bonds is 2. The van der Waals surface area contributed by atoms with Crippen LogP contribution in [-0.4, -0.2) is 42.1 Å². The first-order chi connectivity index (χ1) is 8.52. The van der Waals surface area contributed by atoms with Gasteiger partial charge in [-0.15, -0.1) is 0 Å². The zero-order valence-corrected chi connectivity index (χ0v) is 11.8. The summed E-state index contributed by atoms with van der Waals surface area (Å²) in [5, 5.41) is 0. The Kier molecular flexibility index (Phi) is 3.88. The summed E-state index contributed by atoms with van der Waals surface area (Å²) in [6.45, 7) is 9.21. The Bertz CT molecular complexity index is 406. The summed E-state index contributed by atoms with van der Waals surface area (Å²) in [4.78, 5) is 9.49. The van der Waals surface area contributed by atoms with Crippen molar-refractivity contribution in [2.24, 2.45) is 5.73 Å². The van der Waals surface area contributed by atoms with E-state index in [1.807, 2.05) is 6.92 Å². The molecule has 100 valence electrons. The third-order valence-corrected chi connectivity index (χ3v) is 4.08. The number of piperazine rings is 1. The maximum Gasteiger partial charge on any atom is 0.128 e. The van der Waals surface area contributed by atoms with E-state index < -0.39 is 0 Å². The molecule has 0 bridgehead atoms. The Hall–Kier alpha value is -1.13. The number of aryl methyl sites for hydroxylation is 1. The van der Waals surface area contributed by atoms with Crippen molar-refractivity contribution in [3.05, 3.63) is 23.4 Å². The predicted molar refractivity (Wildman–Crippen MR) is 75.8 cm³/mol. The highest BCUT2D eigenvalue weighted by Gasteiger charge is 2.27. The van der Waals surface area contributed by atoms with Crippen LogP contribution in [0.25, 0.3) is 0 Å². The maximum absolute atomic E-state index is 5.68. The fourth-order valence-corrected chi connectivity index (χ4v) is 2.56. The fourth-order valence-electron chi connectivity index (χ4n) is 2.56. The lowest BCUT2D eigenvalue weighted by molar-refractivity contribution is 0.169. The molecular formula is C14H24N4. The SMILES string of the molecule is Cc1nc(N2CC(C)N(C)C(C)C2)ccc1CN. The normalized spacial score (nSPS) is 25.5. The Labute approximate surface area is 110 Å². The van der Waals surface area contributed by atoms with Gasteiger partial charge < -0.3 is 10.6 Å². The Balaban J connectivity index is 2.19. The molecule has 1 aromatic rings. The van der Waals surface area contributed by atoms with E-state index in [9.17, 15) is 0 Å². The summed E-state index contributed by atoms with van der Waals surface area (Å²) in [5.41, 5.74) is 7.86. The summed E-state index contributed by atoms with van der Waals surface area (Å²) < 4.78 is 0. The Morgan fingerprint density at radius 3 is 2.39 bits per heavy atom. The molecular weight excluding hydrogens is 224 g/mol. The minimum atomic E-state index is 0.560. The van der Waals surface area contributed by atoms with Crippen LogP contribution >= 0.6 is 0 Å². The molecule has 2 heterocycles. The molecule has 0 radical (unpaired) electrons. The molecule has 2 N–H and O–H groups in total. The van der Waals surface area contributed by atoms with Crippen LogP contribution < -0.4 is 10.6 Å². The van der Waals surface area contributed by atoms with Gasteiger partial charge in [0.1, 0.15) is 5.82 Å². The van der Waals surface area contributed by atoms with Gasteiger partial charge in [0.05, 0.1) is 0 Å². The number of nitrogens with zero attached hydrogens (tertiary/aromatic N) is 3. The molecule has 18 heavy (non-hydrogen) atoms. The van der Waals surface area contributed by atoms with Crippen LogP contribution in [0.15, 0.2) is 12.1 Å². The van der Waals surface area contributed by atoms with Crippen molar-refractivity contribution in [2.45, 2.75) is 39.4 Å². The first-order valence-electron chi connectivity index (χ1n) is 6.66. The van der Waals surface area contributed by atoms with Crippen LogP contribution in [-0.2, 0) is 6.54 Å². The molecule has 2 rings (SSSR count). The van der Waals surface area contributed by atoms with Crippen molar-refractivity contribution < 1.29 is 0 Å². The molecule has 0 aliphatic carbocycles. The first-order valence-corrected chi connectivity index (χ1v) is 6.66. The number of anilines is 1. The van der Waals surface area contributed by atoms with Gasteiger partial charge in [0.2, 0.25) is 0 Å². The molecule has 4 nitrogen and oxygen atoms in total. The van der Waals surface area contributed by atoms with Gasteiger partial charge in [0, 0.05) is 37.4 Å². The standard InChI is InChI=1S/C14H24N4/c1-10-8-18(9-11(2)17(10)4)14-6-5-13(7-15)12(3)16-14/h5-6,10-11H,7-9,15H2,1-4H3. The monoisotopic (exact) mass is 248 g/mol. The Morgan fingerprint density at radius 2 is 1.89 bits per heavy atom. The number of hydrogen-bond donors (Lipinski definition) is 1. The van der Waals surface area contributed by atoms with Gasteiger partial charge in [0.25, 0.3) is 0 Å². The van der Waals surface area contributed by atoms with Crippen LogP contribution in [0, 0.1) is 6.92 Å². The second-order valence-corrected chi connectivity index (χ2v) is 5.39. The van der Waals surface area contributed by atoms with E-state index in [1.54, 1.807) is 0 Å². The minimum absolute atomic E-state index is 0.560. The van der Waals surface area contributed by atoms with E-state index in [0.29, 0.717) is 18.6 Å². The highest BCUT2D eigenvalue weighted by molar-refractivity contribution is 5.42. The van der Waals surface area contributed by atoms with E-state index in [-0.39, 0.29) is 0 Å². The largest absolute Gasteiger partial charge is 0.353 e. The highest BCUT2D eigenvalue weighted by atomic mass is 15.3. The number of nitrogens with two attached hydrogens (primary N) is 1. The van der Waals surface area contributed by atoms with E-state index in [2.05, 4.69) is 47.8 Å². The van der Waals surface area contributed by atoms with Crippen molar-refractivity contribution in [1.82, 2.24) is 9.88 Å². The fraction of sp³-hybridized carbons (Fsp3) is 0.643. The maximum atomic E-state index is 5.68. The minimum Gasteiger partial charge on any atom is -0.353 e. The summed E-state index contributed by atoms with van der Waals surface area (Å²) >= 11 is 0. The quantitative estimate of drug-likeness (QED) is 0.859. The molecule has 1 aliphatic heterocycles. The molecule has 4 heteroatoms. The predicted octanol–water partition coefficient (Wildman–Crippen LogP) is 1.38. The van der Waals surface area contributed by atoms with Crippen molar-refractivity contribution in [3.8, 4) is 0 Å². The van der Waals surface area contributed by atoms with Crippen LogP contribution in [0.3, 0.4) is 0 Å². The smallest absolute Gasteiger partial charge is 0.128 e. The number of hydrogen-bond acceptors (Lipinski definition) is 4. The second kappa shape index (κ2) is 5.24. The molecule has 0 spiro atoms. The topological polar surface area (TPSA) is 45.4 Å². The summed E-state index contributed by atoms with van der Waals surface area (Å²) in [6, 6.07) is 5.32. The van der Waals surface area contributed by atoms with Crippen molar-refractivity contribution in [2.75, 3.05) is 25.0 Å². The summed E-state index contributed by atoms with van der Waals surface area (Å²) in [5.74, 6) is 1.08. The van der Waals surface area contributed by atoms with E-state index in [0.717, 1.165) is 30.2 Å². The van der Waals surface area contributed by atoms with E-state index >= 15 is 0 Å². The summed E-state index contributed by atoms with van der Waals surface area (Å²) in [7, 11) is 2.20. The van der Waals surface area contributed by atoms with Gasteiger partial charge in [-0.25, -0.2) is 4.98 Å². The molecule has 0 saturated carbocycles. The summed E-state index contributed by atoms with van der Waals surface area (Å²) in [6.07, 6.45) is 0. The molecule has 1 saturated heterocycles. The molecule has 1 aromatic heterocycles. The lowest BCUT2D eigenvalue weighted by Crippen LogP contribution is -2.55. The Morgan fingerprint density at radius 1 is 1.28 bits per heavy atom. The molecule has 0 aromatic carbocycles. The third-order valence-electron chi connectivity index (χ3n) is 4.08. The zero-order chi connectivity index (χ0) is 13.3. The van der Waals surface area contributed by atoms with Gasteiger partial charge in [-0.3, -0.25) is 4.90 Å². The van der Waals surface area contributed by atoms with E-state index in [4.69, 9.17) is 5.73 Å². The number of aromatic nitrogens is 1. The van der Waals surface area contributed by atoms with Gasteiger partial charge in [-0.2, -0.15) is 0 Å². The van der Waals surface area contributed by atoms with Crippen LogP contribution in [0.1, 0.15) is 25.1 Å². The lowest BCUT2D eigenvalue weighted by atomic mass is 10.1. The highest BCUT2D eigenvalue weighted by Crippen LogP contribution is 2.21. The second-order valence-electron chi connectivity index (χ2n) is 5.39. The van der Waals surface area contributed by atoms with Gasteiger partial charge in [-0.05, 0) is 39.4 Å². The molecule has 2 unspecified atom stereocenters. The molecule has 0 amide bonds. The van der Waals surface area contributed by atoms with Gasteiger partial charge >= 0.3 is 0 Å². The van der Waals surface area contributed by atoms with Crippen LogP contribution in [0.4, 0.5) is 5.82 Å². The van der Waals surface area contributed by atoms with Crippen LogP contribution in [0.2, 0.25) is 0 Å². The molecule has 1 aliphatic rings. The van der Waals surface area contributed by atoms with Crippen molar-refractivity contribution >= 4 is 5.82 Å². The molecule has 1 fully saturated rings. The average Bonchev–Trinajstić information content (AvgIpc) is 2.35. The van der Waals surface area contributed by atoms with E-state index in [1.165, 1.54) is 0 Å². The van der Waals surface area contributed by atoms with Crippen molar-refractivity contribution in [1.29, 1.82) is 0 Å². The average molecular weight is 248 g/mol. The van der Waals surface area contributed by atoms with Gasteiger partial charge in [-0.1, -0.05) is 6.07 Å².